The van der Waals surface area contributed by atoms with E-state index in [1.165, 1.54) is 21.3 Å². The van der Waals surface area contributed by atoms with Crippen LogP contribution in [0.1, 0.15) is 10.4 Å². The normalized spacial score (nSPS) is 11.1. The molecule has 3 amide bonds. The summed E-state index contributed by atoms with van der Waals surface area (Å²) in [7, 11) is 4.44. The van der Waals surface area contributed by atoms with Crippen molar-refractivity contribution >= 4 is 41.6 Å². The highest BCUT2D eigenvalue weighted by molar-refractivity contribution is 7.81. The summed E-state index contributed by atoms with van der Waals surface area (Å²) in [4.78, 5) is 25.4. The summed E-state index contributed by atoms with van der Waals surface area (Å²) in [6.45, 7) is 0. The first-order valence-corrected chi connectivity index (χ1v) is 12.8. The second-order valence-corrected chi connectivity index (χ2v) is 9.05. The number of rotatable bonds is 10. The number of carbonyl (C=O) groups is 2. The Bertz CT molecular complexity index is 1440. The van der Waals surface area contributed by atoms with Gasteiger partial charge in [0.2, 0.25) is 5.75 Å². The molecule has 0 aromatic heterocycles. The van der Waals surface area contributed by atoms with Crippen LogP contribution in [0.4, 0.5) is 21.9 Å². The van der Waals surface area contributed by atoms with Gasteiger partial charge in [0.25, 0.3) is 5.91 Å². The van der Waals surface area contributed by atoms with E-state index in [0.29, 0.717) is 39.9 Å². The van der Waals surface area contributed by atoms with Crippen LogP contribution >= 0.6 is 12.6 Å². The van der Waals surface area contributed by atoms with Crippen LogP contribution in [0, 0.1) is 0 Å². The first-order chi connectivity index (χ1) is 19.4. The number of benzene rings is 4. The van der Waals surface area contributed by atoms with E-state index in [0.717, 1.165) is 11.1 Å². The van der Waals surface area contributed by atoms with E-state index < -0.39 is 11.4 Å². The third-order valence-electron chi connectivity index (χ3n) is 5.87. The number of thiol groups is 1. The van der Waals surface area contributed by atoms with Crippen molar-refractivity contribution in [3.8, 4) is 28.4 Å². The fourth-order valence-corrected chi connectivity index (χ4v) is 4.24. The van der Waals surface area contributed by atoms with Gasteiger partial charge in [-0.15, -0.1) is 12.6 Å². The molecule has 4 aromatic rings. The second-order valence-electron chi connectivity index (χ2n) is 8.54. The van der Waals surface area contributed by atoms with Gasteiger partial charge in [-0.3, -0.25) is 4.79 Å². The van der Waals surface area contributed by atoms with Gasteiger partial charge in [-0.25, -0.2) is 4.79 Å². The van der Waals surface area contributed by atoms with Gasteiger partial charge in [-0.05, 0) is 53.6 Å². The minimum absolute atomic E-state index is 0.305. The third-order valence-corrected chi connectivity index (χ3v) is 6.13. The first-order valence-electron chi connectivity index (χ1n) is 12.3. The SMILES string of the molecule is COc1cc(C(=O)NC(S)Nc2cccc(NC(=O)Nc3ccc(-c4ccccc4)cc3)c2)cc(OC)c1OC. The van der Waals surface area contributed by atoms with Gasteiger partial charge in [0.15, 0.2) is 11.5 Å². The van der Waals surface area contributed by atoms with Crippen LogP contribution in [0.2, 0.25) is 0 Å². The zero-order valence-electron chi connectivity index (χ0n) is 22.2. The highest BCUT2D eigenvalue weighted by atomic mass is 32.1. The molecule has 9 nitrogen and oxygen atoms in total. The summed E-state index contributed by atoms with van der Waals surface area (Å²) in [6.07, 6.45) is 0. The van der Waals surface area contributed by atoms with E-state index >= 15 is 0 Å². The average Bonchev–Trinajstić information content (AvgIpc) is 2.97. The van der Waals surface area contributed by atoms with Gasteiger partial charge in [-0.1, -0.05) is 48.5 Å². The first kappa shape index (κ1) is 28.2. The van der Waals surface area contributed by atoms with Crippen LogP contribution in [0.15, 0.2) is 91.0 Å². The molecule has 0 fully saturated rings. The summed E-state index contributed by atoms with van der Waals surface area (Å²) >= 11 is 4.44. The zero-order chi connectivity index (χ0) is 28.5. The largest absolute Gasteiger partial charge is 0.493 e. The topological polar surface area (TPSA) is 110 Å². The molecule has 1 atom stereocenters. The number of methoxy groups -OCH3 is 3. The van der Waals surface area contributed by atoms with Crippen LogP contribution in [0.3, 0.4) is 0 Å². The minimum Gasteiger partial charge on any atom is -0.493 e. The smallest absolute Gasteiger partial charge is 0.323 e. The van der Waals surface area contributed by atoms with Gasteiger partial charge < -0.3 is 35.5 Å². The quantitative estimate of drug-likeness (QED) is 0.119. The number of urea groups is 1. The summed E-state index contributed by atoms with van der Waals surface area (Å²) in [6, 6.07) is 27.4. The molecule has 4 N–H and O–H groups in total. The van der Waals surface area contributed by atoms with E-state index in [4.69, 9.17) is 14.2 Å². The maximum atomic E-state index is 12.9. The lowest BCUT2D eigenvalue weighted by Crippen LogP contribution is -2.36. The molecule has 40 heavy (non-hydrogen) atoms. The maximum absolute atomic E-state index is 12.9. The lowest BCUT2D eigenvalue weighted by molar-refractivity contribution is 0.0952. The van der Waals surface area contributed by atoms with Gasteiger partial charge in [0.1, 0.15) is 5.50 Å². The number of hydrogen-bond acceptors (Lipinski definition) is 7. The fraction of sp³-hybridized carbons (Fsp3) is 0.133. The molecule has 0 saturated heterocycles. The third kappa shape index (κ3) is 7.17. The molecule has 0 radical (unpaired) electrons. The highest BCUT2D eigenvalue weighted by Crippen LogP contribution is 2.38. The van der Waals surface area contributed by atoms with Crippen LogP contribution in [0.25, 0.3) is 11.1 Å². The molecule has 4 aromatic carbocycles. The van der Waals surface area contributed by atoms with E-state index in [1.807, 2.05) is 54.6 Å². The van der Waals surface area contributed by atoms with Gasteiger partial charge in [-0.2, -0.15) is 0 Å². The minimum atomic E-state index is -0.737. The lowest BCUT2D eigenvalue weighted by atomic mass is 10.1. The Hall–Kier alpha value is -4.83. The Labute approximate surface area is 238 Å². The zero-order valence-corrected chi connectivity index (χ0v) is 23.1. The Morgan fingerprint density at radius 3 is 1.90 bits per heavy atom. The van der Waals surface area contributed by atoms with Gasteiger partial charge >= 0.3 is 6.03 Å². The Morgan fingerprint density at radius 2 is 1.27 bits per heavy atom. The number of hydrogen-bond donors (Lipinski definition) is 5. The number of nitrogens with one attached hydrogen (secondary N) is 4. The van der Waals surface area contributed by atoms with Crippen molar-refractivity contribution in [3.63, 3.8) is 0 Å². The predicted octanol–water partition coefficient (Wildman–Crippen LogP) is 6.08. The summed E-state index contributed by atoms with van der Waals surface area (Å²) in [5.41, 5.74) is 3.58. The number of amides is 3. The van der Waals surface area contributed by atoms with Crippen molar-refractivity contribution in [3.05, 3.63) is 96.6 Å². The monoisotopic (exact) mass is 558 g/mol. The summed E-state index contributed by atoms with van der Waals surface area (Å²) in [5, 5.41) is 11.5. The molecule has 0 spiro atoms. The Kier molecular flexibility index (Phi) is 9.37. The molecule has 0 aliphatic carbocycles. The van der Waals surface area contributed by atoms with E-state index in [9.17, 15) is 9.59 Å². The fourth-order valence-electron chi connectivity index (χ4n) is 3.97. The van der Waals surface area contributed by atoms with Crippen molar-refractivity contribution < 1.29 is 23.8 Å². The highest BCUT2D eigenvalue weighted by Gasteiger charge is 2.18. The molecule has 206 valence electrons. The lowest BCUT2D eigenvalue weighted by Gasteiger charge is -2.18. The van der Waals surface area contributed by atoms with E-state index in [1.54, 1.807) is 36.4 Å². The van der Waals surface area contributed by atoms with Crippen molar-refractivity contribution in [1.82, 2.24) is 5.32 Å². The average molecular weight is 559 g/mol. The van der Waals surface area contributed by atoms with E-state index in [2.05, 4.69) is 33.9 Å². The van der Waals surface area contributed by atoms with Crippen LogP contribution < -0.4 is 35.5 Å². The Morgan fingerprint density at radius 1 is 0.675 bits per heavy atom. The van der Waals surface area contributed by atoms with Crippen LogP contribution in [-0.2, 0) is 0 Å². The molecule has 0 saturated carbocycles. The molecule has 10 heteroatoms. The molecular formula is C30H30N4O5S. The number of carbonyl (C=O) groups excluding carboxylic acids is 2. The maximum Gasteiger partial charge on any atom is 0.323 e. The molecule has 0 aliphatic heterocycles. The number of ether oxygens (including phenoxy) is 3. The van der Waals surface area contributed by atoms with Crippen molar-refractivity contribution in [1.29, 1.82) is 0 Å². The van der Waals surface area contributed by atoms with Crippen LogP contribution in [-0.4, -0.2) is 38.8 Å². The molecule has 1 unspecified atom stereocenters. The summed E-state index contributed by atoms with van der Waals surface area (Å²) in [5.74, 6) is 0.707. The van der Waals surface area contributed by atoms with Crippen molar-refractivity contribution in [2.24, 2.45) is 0 Å². The van der Waals surface area contributed by atoms with E-state index in [-0.39, 0.29) is 6.03 Å². The predicted molar refractivity (Wildman–Crippen MR) is 161 cm³/mol. The second kappa shape index (κ2) is 13.3. The van der Waals surface area contributed by atoms with Crippen molar-refractivity contribution in [2.75, 3.05) is 37.3 Å². The molecular weight excluding hydrogens is 528 g/mol. The van der Waals surface area contributed by atoms with Crippen molar-refractivity contribution in [2.45, 2.75) is 5.50 Å². The van der Waals surface area contributed by atoms with Gasteiger partial charge in [0.05, 0.1) is 21.3 Å². The Balaban J connectivity index is 1.34. The number of anilines is 3. The van der Waals surface area contributed by atoms with Gasteiger partial charge in [0, 0.05) is 22.6 Å². The molecule has 4 rings (SSSR count). The van der Waals surface area contributed by atoms with Crippen LogP contribution in [0.5, 0.6) is 17.2 Å². The molecule has 0 aliphatic rings. The molecule has 0 heterocycles. The summed E-state index contributed by atoms with van der Waals surface area (Å²) < 4.78 is 15.9. The molecule has 0 bridgehead atoms. The standard InChI is InChI=1S/C30H30N4O5S/c1-37-25-16-21(17-26(38-2)27(25)39-3)28(35)34-30(40)33-24-11-7-10-23(18-24)32-29(36)31-22-14-12-20(13-15-22)19-8-5-4-6-9-19/h4-18,30,33,40H,1-3H3,(H,34,35)(H2,31,32,36).